The number of rotatable bonds is 1. The highest BCUT2D eigenvalue weighted by atomic mass is 32.1. The molecule has 1 aliphatic heterocycles. The molecule has 0 spiro atoms. The predicted molar refractivity (Wildman–Crippen MR) is 54.5 cm³/mol. The van der Waals surface area contributed by atoms with E-state index in [0.29, 0.717) is 4.88 Å². The molecule has 7 nitrogen and oxygen atoms in total. The second-order valence-corrected chi connectivity index (χ2v) is 3.85. The molecule has 2 heterocycles. The van der Waals surface area contributed by atoms with Crippen LogP contribution in [0.25, 0.3) is 0 Å². The number of anilines is 1. The first kappa shape index (κ1) is 9.87. The third-order valence-electron chi connectivity index (χ3n) is 2.08. The van der Waals surface area contributed by atoms with Gasteiger partial charge in [-0.2, -0.15) is 4.99 Å². The fraction of sp³-hybridized carbons (Fsp3) is 0.286. The largest absolute Gasteiger partial charge is 0.492 e. The summed E-state index contributed by atoms with van der Waals surface area (Å²) < 4.78 is 0. The van der Waals surface area contributed by atoms with Gasteiger partial charge >= 0.3 is 5.69 Å². The zero-order valence-electron chi connectivity index (χ0n) is 7.62. The van der Waals surface area contributed by atoms with Crippen LogP contribution in [0.3, 0.4) is 0 Å². The number of hydrogen-bond acceptors (Lipinski definition) is 6. The van der Waals surface area contributed by atoms with Crippen LogP contribution in [-0.2, 0) is 0 Å². The van der Waals surface area contributed by atoms with Crippen LogP contribution in [0.1, 0.15) is 4.88 Å². The van der Waals surface area contributed by atoms with Crippen molar-refractivity contribution in [2.45, 2.75) is 6.35 Å². The Morgan fingerprint density at radius 2 is 2.40 bits per heavy atom. The van der Waals surface area contributed by atoms with Gasteiger partial charge in [0.25, 0.3) is 0 Å². The molecule has 1 atom stereocenters. The summed E-state index contributed by atoms with van der Waals surface area (Å²) in [7, 11) is 1.47. The molecule has 0 radical (unpaired) electrons. The Morgan fingerprint density at radius 1 is 1.73 bits per heavy atom. The summed E-state index contributed by atoms with van der Waals surface area (Å²) in [6.45, 7) is 0. The summed E-state index contributed by atoms with van der Waals surface area (Å²) in [5, 5.41) is 30.8. The van der Waals surface area contributed by atoms with Gasteiger partial charge in [0.05, 0.1) is 10.3 Å². The quantitative estimate of drug-likeness (QED) is 0.545. The molecule has 0 saturated heterocycles. The lowest BCUT2D eigenvalue weighted by Crippen LogP contribution is -2.35. The van der Waals surface area contributed by atoms with Gasteiger partial charge in [0.1, 0.15) is 10.6 Å². The van der Waals surface area contributed by atoms with Crippen molar-refractivity contribution in [2.24, 2.45) is 4.99 Å². The minimum Gasteiger partial charge on any atom is -0.492 e. The number of hydrogen-bond donors (Lipinski definition) is 2. The second-order valence-electron chi connectivity index (χ2n) is 2.97. The SMILES string of the molecule is CN1c2c([N+](=O)[O-])csc2C(O)=NC1O. The van der Waals surface area contributed by atoms with Gasteiger partial charge in [-0.05, 0) is 0 Å². The van der Waals surface area contributed by atoms with Crippen LogP contribution >= 0.6 is 11.3 Å². The zero-order chi connectivity index (χ0) is 11.2. The Hall–Kier alpha value is -1.67. The van der Waals surface area contributed by atoms with E-state index in [1.54, 1.807) is 0 Å². The molecule has 0 fully saturated rings. The van der Waals surface area contributed by atoms with E-state index in [4.69, 9.17) is 0 Å². The van der Waals surface area contributed by atoms with Crippen LogP contribution in [0.5, 0.6) is 0 Å². The first-order chi connectivity index (χ1) is 7.02. The summed E-state index contributed by atoms with van der Waals surface area (Å²) >= 11 is 1.02. The first-order valence-electron chi connectivity index (χ1n) is 3.96. The average Bonchev–Trinajstić information content (AvgIpc) is 2.58. The van der Waals surface area contributed by atoms with Gasteiger partial charge < -0.3 is 15.1 Å². The minimum absolute atomic E-state index is 0.141. The number of aliphatic hydroxyl groups is 2. The average molecular weight is 229 g/mol. The van der Waals surface area contributed by atoms with Crippen molar-refractivity contribution >= 4 is 28.6 Å². The van der Waals surface area contributed by atoms with E-state index in [0.717, 1.165) is 11.3 Å². The second kappa shape index (κ2) is 3.17. The van der Waals surface area contributed by atoms with Gasteiger partial charge in [-0.3, -0.25) is 10.1 Å². The summed E-state index contributed by atoms with van der Waals surface area (Å²) in [5.41, 5.74) is 0.0583. The Bertz CT molecular complexity index is 455. The van der Waals surface area contributed by atoms with E-state index in [1.165, 1.54) is 17.3 Å². The Morgan fingerprint density at radius 3 is 3.00 bits per heavy atom. The Kier molecular flexibility index (Phi) is 2.09. The maximum Gasteiger partial charge on any atom is 0.304 e. The lowest BCUT2D eigenvalue weighted by Gasteiger charge is -2.25. The van der Waals surface area contributed by atoms with Gasteiger partial charge in [-0.1, -0.05) is 0 Å². The molecule has 1 aromatic rings. The maximum atomic E-state index is 10.7. The van der Waals surface area contributed by atoms with Crippen molar-refractivity contribution in [3.63, 3.8) is 0 Å². The van der Waals surface area contributed by atoms with E-state index in [9.17, 15) is 20.3 Å². The van der Waals surface area contributed by atoms with Crippen LogP contribution < -0.4 is 4.90 Å². The normalized spacial score (nSPS) is 19.7. The van der Waals surface area contributed by atoms with Crippen molar-refractivity contribution in [3.05, 3.63) is 20.4 Å². The fourth-order valence-electron chi connectivity index (χ4n) is 1.34. The molecular formula is C7H7N3O4S. The van der Waals surface area contributed by atoms with Crippen molar-refractivity contribution in [3.8, 4) is 0 Å². The molecule has 0 bridgehead atoms. The number of fused-ring (bicyclic) bond motifs is 1. The van der Waals surface area contributed by atoms with Crippen molar-refractivity contribution in [2.75, 3.05) is 11.9 Å². The third kappa shape index (κ3) is 1.34. The van der Waals surface area contributed by atoms with Crippen LogP contribution in [0, 0.1) is 10.1 Å². The van der Waals surface area contributed by atoms with E-state index < -0.39 is 11.3 Å². The molecule has 0 aromatic carbocycles. The number of nitro groups is 1. The lowest BCUT2D eigenvalue weighted by atomic mass is 10.3. The topological polar surface area (TPSA) is 99.2 Å². The Labute approximate surface area is 88.1 Å². The minimum atomic E-state index is -1.29. The third-order valence-corrected chi connectivity index (χ3v) is 3.04. The number of aliphatic imine (C=N–C) groups is 1. The Balaban J connectivity index is 2.62. The van der Waals surface area contributed by atoms with E-state index in [-0.39, 0.29) is 17.3 Å². The molecule has 1 aromatic heterocycles. The van der Waals surface area contributed by atoms with Gasteiger partial charge in [-0.15, -0.1) is 11.3 Å². The van der Waals surface area contributed by atoms with Crippen LogP contribution in [0.2, 0.25) is 0 Å². The highest BCUT2D eigenvalue weighted by Gasteiger charge is 2.33. The van der Waals surface area contributed by atoms with Gasteiger partial charge in [0.2, 0.25) is 12.2 Å². The zero-order valence-corrected chi connectivity index (χ0v) is 8.43. The lowest BCUT2D eigenvalue weighted by molar-refractivity contribution is -0.383. The van der Waals surface area contributed by atoms with Crippen molar-refractivity contribution < 1.29 is 15.1 Å². The molecule has 0 amide bonds. The summed E-state index contributed by atoms with van der Waals surface area (Å²) in [6.07, 6.45) is -1.29. The summed E-state index contributed by atoms with van der Waals surface area (Å²) in [5.74, 6) is -0.367. The fourth-order valence-corrected chi connectivity index (χ4v) is 2.29. The molecule has 8 heteroatoms. The first-order valence-corrected chi connectivity index (χ1v) is 4.84. The molecule has 2 N–H and O–H groups in total. The number of thiophene rings is 1. The molecule has 0 aliphatic carbocycles. The molecule has 1 aliphatic rings. The molecular weight excluding hydrogens is 222 g/mol. The maximum absolute atomic E-state index is 10.7. The summed E-state index contributed by atoms with van der Waals surface area (Å²) in [4.78, 5) is 15.2. The van der Waals surface area contributed by atoms with Gasteiger partial charge in [0.15, 0.2) is 0 Å². The van der Waals surface area contributed by atoms with Crippen molar-refractivity contribution in [1.29, 1.82) is 0 Å². The highest BCUT2D eigenvalue weighted by Crippen LogP contribution is 2.39. The number of nitrogens with zero attached hydrogens (tertiary/aromatic N) is 3. The molecule has 0 saturated carbocycles. The van der Waals surface area contributed by atoms with Crippen LogP contribution in [0.4, 0.5) is 11.4 Å². The monoisotopic (exact) mass is 229 g/mol. The molecule has 15 heavy (non-hydrogen) atoms. The standard InChI is InChI=1S/C7H7N3O4S/c1-9-4-3(10(13)14)2-15-5(4)6(11)8-7(9)12/h2,7,12H,1H3,(H,8,11). The van der Waals surface area contributed by atoms with Crippen LogP contribution in [-0.4, -0.2) is 34.4 Å². The smallest absolute Gasteiger partial charge is 0.304 e. The van der Waals surface area contributed by atoms with Crippen molar-refractivity contribution in [1.82, 2.24) is 0 Å². The summed E-state index contributed by atoms with van der Waals surface area (Å²) in [6, 6.07) is 0. The molecule has 80 valence electrons. The highest BCUT2D eigenvalue weighted by molar-refractivity contribution is 7.13. The van der Waals surface area contributed by atoms with Gasteiger partial charge in [-0.25, -0.2) is 0 Å². The predicted octanol–water partition coefficient (Wildman–Crippen LogP) is 0.687. The van der Waals surface area contributed by atoms with E-state index in [2.05, 4.69) is 4.99 Å². The van der Waals surface area contributed by atoms with E-state index >= 15 is 0 Å². The molecule has 1 unspecified atom stereocenters. The van der Waals surface area contributed by atoms with Crippen LogP contribution in [0.15, 0.2) is 10.4 Å². The van der Waals surface area contributed by atoms with E-state index in [1.807, 2.05) is 0 Å². The molecule has 2 rings (SSSR count). The van der Waals surface area contributed by atoms with Gasteiger partial charge in [0, 0.05) is 7.05 Å². The number of aliphatic hydroxyl groups excluding tert-OH is 2.